The quantitative estimate of drug-likeness (QED) is 0.236. The van der Waals surface area contributed by atoms with Gasteiger partial charge in [-0.15, -0.1) is 0 Å². The van der Waals surface area contributed by atoms with Crippen molar-refractivity contribution in [1.29, 1.82) is 0 Å². The van der Waals surface area contributed by atoms with Gasteiger partial charge in [-0.05, 0) is 54.1 Å². The minimum Gasteiger partial charge on any atom is -0.482 e. The van der Waals surface area contributed by atoms with Crippen LogP contribution in [0.3, 0.4) is 0 Å². The van der Waals surface area contributed by atoms with Crippen LogP contribution in [-0.2, 0) is 4.79 Å². The summed E-state index contributed by atoms with van der Waals surface area (Å²) in [5.74, 6) is -1.17. The Balaban J connectivity index is 1.52. The minimum absolute atomic E-state index is 0.0899. The van der Waals surface area contributed by atoms with Crippen molar-refractivity contribution in [1.82, 2.24) is 5.43 Å². The summed E-state index contributed by atoms with van der Waals surface area (Å²) in [6.07, 6.45) is 1.37. The molecule has 31 heavy (non-hydrogen) atoms. The number of hydrogen-bond donors (Lipinski definition) is 1. The Morgan fingerprint density at radius 1 is 1.03 bits per heavy atom. The lowest BCUT2D eigenvalue weighted by Crippen LogP contribution is -2.24. The lowest BCUT2D eigenvalue weighted by molar-refractivity contribution is -0.123. The first-order chi connectivity index (χ1) is 14.9. The Kier molecular flexibility index (Phi) is 7.59. The van der Waals surface area contributed by atoms with Crippen molar-refractivity contribution in [3.63, 3.8) is 0 Å². The Morgan fingerprint density at radius 3 is 2.61 bits per heavy atom. The van der Waals surface area contributed by atoms with Crippen LogP contribution in [0.2, 0.25) is 10.0 Å². The summed E-state index contributed by atoms with van der Waals surface area (Å²) in [5.41, 5.74) is 2.96. The fourth-order valence-corrected chi connectivity index (χ4v) is 2.85. The summed E-state index contributed by atoms with van der Waals surface area (Å²) >= 11 is 11.8. The maximum Gasteiger partial charge on any atom is 0.343 e. The number of hydrazone groups is 1. The van der Waals surface area contributed by atoms with Crippen LogP contribution >= 0.6 is 23.2 Å². The molecule has 0 spiro atoms. The topological polar surface area (TPSA) is 77.0 Å². The summed E-state index contributed by atoms with van der Waals surface area (Å²) in [7, 11) is 0. The number of amides is 1. The highest BCUT2D eigenvalue weighted by molar-refractivity contribution is 6.35. The molecular weight excluding hydrogens is 446 g/mol. The predicted octanol–water partition coefficient (Wildman–Crippen LogP) is 4.88. The van der Waals surface area contributed by atoms with E-state index in [1.165, 1.54) is 36.5 Å². The number of ether oxygens (including phenoxy) is 2. The van der Waals surface area contributed by atoms with Crippen LogP contribution < -0.4 is 14.9 Å². The molecule has 6 nitrogen and oxygen atoms in total. The number of esters is 1. The zero-order valence-corrected chi connectivity index (χ0v) is 17.4. The summed E-state index contributed by atoms with van der Waals surface area (Å²) in [6.45, 7) is -0.302. The molecule has 0 aliphatic rings. The maximum absolute atomic E-state index is 13.2. The molecule has 0 aromatic heterocycles. The van der Waals surface area contributed by atoms with Crippen molar-refractivity contribution < 1.29 is 23.5 Å². The molecule has 0 saturated heterocycles. The van der Waals surface area contributed by atoms with Gasteiger partial charge in [0.25, 0.3) is 5.91 Å². The Labute approximate surface area is 187 Å². The van der Waals surface area contributed by atoms with Crippen LogP contribution in [-0.4, -0.2) is 24.7 Å². The number of carbonyl (C=O) groups is 2. The lowest BCUT2D eigenvalue weighted by atomic mass is 10.2. The smallest absolute Gasteiger partial charge is 0.343 e. The highest BCUT2D eigenvalue weighted by Gasteiger charge is 2.10. The molecule has 1 N–H and O–H groups in total. The average Bonchev–Trinajstić information content (AvgIpc) is 2.73. The lowest BCUT2D eigenvalue weighted by Gasteiger charge is -2.07. The third-order valence-corrected chi connectivity index (χ3v) is 4.31. The third-order valence-electron chi connectivity index (χ3n) is 3.78. The standard InChI is InChI=1S/C22H15Cl2FN2O4/c23-16-7-8-20(19(24)11-16)30-13-21(28)27-26-12-14-3-1-6-18(9-14)31-22(29)15-4-2-5-17(25)10-15/h1-12H,13H2,(H,27,28)/b26-12-. The summed E-state index contributed by atoms with van der Waals surface area (Å²) in [4.78, 5) is 24.0. The van der Waals surface area contributed by atoms with E-state index in [4.69, 9.17) is 32.7 Å². The second kappa shape index (κ2) is 10.6. The number of hydrogen-bond acceptors (Lipinski definition) is 5. The van der Waals surface area contributed by atoms with Gasteiger partial charge >= 0.3 is 5.97 Å². The monoisotopic (exact) mass is 460 g/mol. The SMILES string of the molecule is O=C(COc1ccc(Cl)cc1Cl)N/N=C\c1cccc(OC(=O)c2cccc(F)c2)c1. The zero-order valence-electron chi connectivity index (χ0n) is 15.8. The van der Waals surface area contributed by atoms with Crippen LogP contribution in [0, 0.1) is 5.82 Å². The van der Waals surface area contributed by atoms with Crippen LogP contribution in [0.4, 0.5) is 4.39 Å². The molecule has 0 saturated carbocycles. The largest absolute Gasteiger partial charge is 0.482 e. The maximum atomic E-state index is 13.2. The van der Waals surface area contributed by atoms with Gasteiger partial charge < -0.3 is 9.47 Å². The number of halogens is 3. The molecule has 9 heteroatoms. The Bertz CT molecular complexity index is 1140. The van der Waals surface area contributed by atoms with Gasteiger partial charge in [0.05, 0.1) is 16.8 Å². The molecule has 3 aromatic carbocycles. The highest BCUT2D eigenvalue weighted by atomic mass is 35.5. The van der Waals surface area contributed by atoms with Gasteiger partial charge in [0.2, 0.25) is 0 Å². The number of carbonyl (C=O) groups excluding carboxylic acids is 2. The second-order valence-corrected chi connectivity index (χ2v) is 6.97. The van der Waals surface area contributed by atoms with Gasteiger partial charge in [-0.1, -0.05) is 41.4 Å². The molecule has 0 bridgehead atoms. The van der Waals surface area contributed by atoms with E-state index in [1.54, 1.807) is 30.3 Å². The normalized spacial score (nSPS) is 10.7. The van der Waals surface area contributed by atoms with Crippen molar-refractivity contribution in [3.8, 4) is 11.5 Å². The molecular formula is C22H15Cl2FN2O4. The van der Waals surface area contributed by atoms with Crippen molar-refractivity contribution in [2.45, 2.75) is 0 Å². The number of nitrogens with one attached hydrogen (secondary N) is 1. The van der Waals surface area contributed by atoms with Crippen molar-refractivity contribution >= 4 is 41.3 Å². The Morgan fingerprint density at radius 2 is 1.84 bits per heavy atom. The second-order valence-electron chi connectivity index (χ2n) is 6.13. The predicted molar refractivity (Wildman–Crippen MR) is 115 cm³/mol. The third kappa shape index (κ3) is 6.80. The molecule has 1 amide bonds. The van der Waals surface area contributed by atoms with Gasteiger partial charge in [-0.3, -0.25) is 4.79 Å². The Hall–Kier alpha value is -3.42. The highest BCUT2D eigenvalue weighted by Crippen LogP contribution is 2.27. The molecule has 3 aromatic rings. The fraction of sp³-hybridized carbons (Fsp3) is 0.0455. The molecule has 0 aliphatic carbocycles. The van der Waals surface area contributed by atoms with E-state index in [9.17, 15) is 14.0 Å². The van der Waals surface area contributed by atoms with Crippen LogP contribution in [0.15, 0.2) is 71.8 Å². The summed E-state index contributed by atoms with van der Waals surface area (Å²) in [5, 5.41) is 4.57. The summed E-state index contributed by atoms with van der Waals surface area (Å²) < 4.78 is 23.8. The molecule has 0 unspecified atom stereocenters. The van der Waals surface area contributed by atoms with Crippen LogP contribution in [0.5, 0.6) is 11.5 Å². The number of rotatable bonds is 7. The molecule has 0 radical (unpaired) electrons. The van der Waals surface area contributed by atoms with Crippen molar-refractivity contribution in [3.05, 3.63) is 93.7 Å². The first-order valence-electron chi connectivity index (χ1n) is 8.88. The first-order valence-corrected chi connectivity index (χ1v) is 9.64. The molecule has 0 fully saturated rings. The van der Waals surface area contributed by atoms with Crippen LogP contribution in [0.1, 0.15) is 15.9 Å². The minimum atomic E-state index is -0.695. The first kappa shape index (κ1) is 22.3. The zero-order chi connectivity index (χ0) is 22.2. The van der Waals surface area contributed by atoms with E-state index in [0.29, 0.717) is 16.3 Å². The van der Waals surface area contributed by atoms with Crippen molar-refractivity contribution in [2.24, 2.45) is 5.10 Å². The van der Waals surface area contributed by atoms with E-state index in [2.05, 4.69) is 10.5 Å². The van der Waals surface area contributed by atoms with Gasteiger partial charge in [0.15, 0.2) is 6.61 Å². The van der Waals surface area contributed by atoms with E-state index in [0.717, 1.165) is 6.07 Å². The van der Waals surface area contributed by atoms with E-state index in [1.807, 2.05) is 0 Å². The van der Waals surface area contributed by atoms with Gasteiger partial charge in [0.1, 0.15) is 17.3 Å². The van der Waals surface area contributed by atoms with Gasteiger partial charge in [-0.25, -0.2) is 14.6 Å². The number of nitrogens with zero attached hydrogens (tertiary/aromatic N) is 1. The molecule has 0 atom stereocenters. The fourth-order valence-electron chi connectivity index (χ4n) is 2.39. The van der Waals surface area contributed by atoms with E-state index >= 15 is 0 Å². The van der Waals surface area contributed by atoms with E-state index in [-0.39, 0.29) is 22.9 Å². The molecule has 158 valence electrons. The van der Waals surface area contributed by atoms with Gasteiger partial charge in [0, 0.05) is 5.02 Å². The molecule has 3 rings (SSSR count). The number of benzene rings is 3. The molecule has 0 heterocycles. The summed E-state index contributed by atoms with van der Waals surface area (Å²) in [6, 6.07) is 16.3. The van der Waals surface area contributed by atoms with Gasteiger partial charge in [-0.2, -0.15) is 5.10 Å². The van der Waals surface area contributed by atoms with Crippen LogP contribution in [0.25, 0.3) is 0 Å². The van der Waals surface area contributed by atoms with Crippen molar-refractivity contribution in [2.75, 3.05) is 6.61 Å². The average molecular weight is 461 g/mol. The van der Waals surface area contributed by atoms with E-state index < -0.39 is 17.7 Å². The molecule has 0 aliphatic heterocycles.